The molecule has 0 bridgehead atoms. The molecular weight excluding hydrogens is 410 g/mol. The first-order valence-electron chi connectivity index (χ1n) is 5.79. The van der Waals surface area contributed by atoms with E-state index in [9.17, 15) is 4.79 Å². The van der Waals surface area contributed by atoms with Crippen LogP contribution in [0.5, 0.6) is 0 Å². The van der Waals surface area contributed by atoms with Crippen molar-refractivity contribution in [3.63, 3.8) is 0 Å². The number of halogens is 3. The van der Waals surface area contributed by atoms with Gasteiger partial charge in [0, 0.05) is 9.26 Å². The second-order valence-electron chi connectivity index (χ2n) is 4.01. The Bertz CT molecular complexity index is 617. The lowest BCUT2D eigenvalue weighted by Gasteiger charge is -2.09. The summed E-state index contributed by atoms with van der Waals surface area (Å²) in [6.07, 6.45) is 0. The molecule has 2 aromatic carbocycles. The number of carbonyl (C=O) groups is 1. The van der Waals surface area contributed by atoms with Crippen molar-refractivity contribution in [2.75, 3.05) is 17.2 Å². The molecule has 6 heteroatoms. The maximum Gasteiger partial charge on any atom is 0.243 e. The SMILES string of the molecule is O=C(CNc1ccc(I)cc1)Nc1cccc(Cl)c1Cl. The highest BCUT2D eigenvalue weighted by Gasteiger charge is 2.07. The summed E-state index contributed by atoms with van der Waals surface area (Å²) in [5, 5.41) is 6.50. The van der Waals surface area contributed by atoms with Gasteiger partial charge in [0.05, 0.1) is 22.3 Å². The molecule has 2 aromatic rings. The number of rotatable bonds is 4. The molecule has 0 aliphatic heterocycles. The number of anilines is 2. The van der Waals surface area contributed by atoms with Crippen LogP contribution in [0.4, 0.5) is 11.4 Å². The molecule has 0 radical (unpaired) electrons. The smallest absolute Gasteiger partial charge is 0.243 e. The Morgan fingerprint density at radius 3 is 2.50 bits per heavy atom. The molecule has 0 spiro atoms. The van der Waals surface area contributed by atoms with Gasteiger partial charge in [0.1, 0.15) is 0 Å². The van der Waals surface area contributed by atoms with E-state index in [4.69, 9.17) is 23.2 Å². The van der Waals surface area contributed by atoms with E-state index in [1.807, 2.05) is 24.3 Å². The van der Waals surface area contributed by atoms with E-state index in [0.29, 0.717) is 15.7 Å². The van der Waals surface area contributed by atoms with Gasteiger partial charge in [-0.15, -0.1) is 0 Å². The second-order valence-corrected chi connectivity index (χ2v) is 6.04. The van der Waals surface area contributed by atoms with Gasteiger partial charge in [-0.05, 0) is 59.0 Å². The Labute approximate surface area is 140 Å². The highest BCUT2D eigenvalue weighted by atomic mass is 127. The maximum absolute atomic E-state index is 11.8. The zero-order chi connectivity index (χ0) is 14.5. The van der Waals surface area contributed by atoms with E-state index in [1.54, 1.807) is 18.2 Å². The number of hydrogen-bond acceptors (Lipinski definition) is 2. The van der Waals surface area contributed by atoms with Crippen LogP contribution in [-0.4, -0.2) is 12.5 Å². The van der Waals surface area contributed by atoms with Crippen molar-refractivity contribution >= 4 is 63.1 Å². The van der Waals surface area contributed by atoms with Gasteiger partial charge in [-0.2, -0.15) is 0 Å². The van der Waals surface area contributed by atoms with Crippen molar-refractivity contribution in [1.29, 1.82) is 0 Å². The van der Waals surface area contributed by atoms with E-state index in [0.717, 1.165) is 9.26 Å². The molecule has 0 saturated heterocycles. The minimum absolute atomic E-state index is 0.156. The third kappa shape index (κ3) is 4.26. The molecule has 104 valence electrons. The number of amides is 1. The number of nitrogens with one attached hydrogen (secondary N) is 2. The van der Waals surface area contributed by atoms with Crippen molar-refractivity contribution in [2.45, 2.75) is 0 Å². The largest absolute Gasteiger partial charge is 0.376 e. The summed E-state index contributed by atoms with van der Waals surface area (Å²) in [5.74, 6) is -0.187. The van der Waals surface area contributed by atoms with Gasteiger partial charge >= 0.3 is 0 Å². The molecule has 20 heavy (non-hydrogen) atoms. The summed E-state index contributed by atoms with van der Waals surface area (Å²) >= 11 is 14.1. The summed E-state index contributed by atoms with van der Waals surface area (Å²) in [6.45, 7) is 0.156. The fourth-order valence-electron chi connectivity index (χ4n) is 1.54. The maximum atomic E-state index is 11.8. The van der Waals surface area contributed by atoms with Crippen LogP contribution in [0.15, 0.2) is 42.5 Å². The predicted octanol–water partition coefficient (Wildman–Crippen LogP) is 4.65. The summed E-state index contributed by atoms with van der Waals surface area (Å²) in [4.78, 5) is 11.8. The van der Waals surface area contributed by atoms with Gasteiger partial charge < -0.3 is 10.6 Å². The van der Waals surface area contributed by atoms with Gasteiger partial charge in [-0.25, -0.2) is 0 Å². The topological polar surface area (TPSA) is 41.1 Å². The van der Waals surface area contributed by atoms with Crippen LogP contribution < -0.4 is 10.6 Å². The van der Waals surface area contributed by atoms with Crippen molar-refractivity contribution in [3.05, 3.63) is 56.1 Å². The molecule has 0 atom stereocenters. The third-order valence-corrected chi connectivity index (χ3v) is 4.06. The molecule has 0 fully saturated rings. The van der Waals surface area contributed by atoms with Crippen molar-refractivity contribution in [1.82, 2.24) is 0 Å². The fourth-order valence-corrected chi connectivity index (χ4v) is 2.25. The average molecular weight is 421 g/mol. The monoisotopic (exact) mass is 420 g/mol. The van der Waals surface area contributed by atoms with Crippen LogP contribution in [0.1, 0.15) is 0 Å². The summed E-state index contributed by atoms with van der Waals surface area (Å²) < 4.78 is 1.14. The Kier molecular flexibility index (Phi) is 5.51. The number of carbonyl (C=O) groups excluding carboxylic acids is 1. The van der Waals surface area contributed by atoms with Gasteiger partial charge in [-0.1, -0.05) is 29.3 Å². The molecule has 3 nitrogen and oxygen atoms in total. The highest BCUT2D eigenvalue weighted by Crippen LogP contribution is 2.29. The van der Waals surface area contributed by atoms with Gasteiger partial charge in [0.15, 0.2) is 0 Å². The Hall–Kier alpha value is -0.980. The first-order chi connectivity index (χ1) is 9.56. The summed E-state index contributed by atoms with van der Waals surface area (Å²) in [7, 11) is 0. The first-order valence-corrected chi connectivity index (χ1v) is 7.63. The lowest BCUT2D eigenvalue weighted by Crippen LogP contribution is -2.21. The Morgan fingerprint density at radius 2 is 1.80 bits per heavy atom. The van der Waals surface area contributed by atoms with Gasteiger partial charge in [0.25, 0.3) is 0 Å². The quantitative estimate of drug-likeness (QED) is 0.707. The fraction of sp³-hybridized carbons (Fsp3) is 0.0714. The Balaban J connectivity index is 1.92. The number of hydrogen-bond donors (Lipinski definition) is 2. The van der Waals surface area contributed by atoms with E-state index >= 15 is 0 Å². The van der Waals surface area contributed by atoms with E-state index < -0.39 is 0 Å². The summed E-state index contributed by atoms with van der Waals surface area (Å²) in [6, 6.07) is 12.9. The lowest BCUT2D eigenvalue weighted by atomic mass is 10.3. The molecule has 0 unspecified atom stereocenters. The molecule has 0 aliphatic rings. The molecule has 0 aliphatic carbocycles. The van der Waals surface area contributed by atoms with Gasteiger partial charge in [-0.3, -0.25) is 4.79 Å². The van der Waals surface area contributed by atoms with Crippen LogP contribution in [0, 0.1) is 3.57 Å². The van der Waals surface area contributed by atoms with Crippen LogP contribution in [0.25, 0.3) is 0 Å². The van der Waals surface area contributed by atoms with Crippen LogP contribution in [-0.2, 0) is 4.79 Å². The van der Waals surface area contributed by atoms with Crippen LogP contribution in [0.2, 0.25) is 10.0 Å². The number of benzene rings is 2. The minimum Gasteiger partial charge on any atom is -0.376 e. The average Bonchev–Trinajstić information content (AvgIpc) is 2.43. The molecule has 2 N–H and O–H groups in total. The predicted molar refractivity (Wildman–Crippen MR) is 92.7 cm³/mol. The summed E-state index contributed by atoms with van der Waals surface area (Å²) in [5.41, 5.74) is 1.39. The molecule has 1 amide bonds. The molecule has 0 heterocycles. The Morgan fingerprint density at radius 1 is 1.10 bits per heavy atom. The molecule has 0 saturated carbocycles. The first kappa shape index (κ1) is 15.4. The van der Waals surface area contributed by atoms with Crippen molar-refractivity contribution < 1.29 is 4.79 Å². The van der Waals surface area contributed by atoms with Gasteiger partial charge in [0.2, 0.25) is 5.91 Å². The second kappa shape index (κ2) is 7.15. The van der Waals surface area contributed by atoms with Crippen LogP contribution in [0.3, 0.4) is 0 Å². The third-order valence-electron chi connectivity index (χ3n) is 2.52. The standard InChI is InChI=1S/C14H11Cl2IN2O/c15-11-2-1-3-12(14(11)16)19-13(20)8-18-10-6-4-9(17)5-7-10/h1-7,18H,8H2,(H,19,20). The normalized spacial score (nSPS) is 10.2. The molecule has 0 aromatic heterocycles. The van der Waals surface area contributed by atoms with E-state index in [-0.39, 0.29) is 12.5 Å². The van der Waals surface area contributed by atoms with Crippen LogP contribution >= 0.6 is 45.8 Å². The zero-order valence-corrected chi connectivity index (χ0v) is 14.0. The molecular formula is C14H11Cl2IN2O. The molecule has 2 rings (SSSR count). The van der Waals surface area contributed by atoms with E-state index in [2.05, 4.69) is 33.2 Å². The highest BCUT2D eigenvalue weighted by molar-refractivity contribution is 14.1. The zero-order valence-electron chi connectivity index (χ0n) is 10.3. The van der Waals surface area contributed by atoms with Crippen molar-refractivity contribution in [2.24, 2.45) is 0 Å². The lowest BCUT2D eigenvalue weighted by molar-refractivity contribution is -0.114. The van der Waals surface area contributed by atoms with Crippen molar-refractivity contribution in [3.8, 4) is 0 Å². The van der Waals surface area contributed by atoms with E-state index in [1.165, 1.54) is 0 Å². The minimum atomic E-state index is -0.187.